The van der Waals surface area contributed by atoms with Crippen molar-refractivity contribution in [1.29, 1.82) is 0 Å². The van der Waals surface area contributed by atoms with Crippen LogP contribution < -0.4 is 0 Å². The molecule has 120 valence electrons. The van der Waals surface area contributed by atoms with E-state index in [-0.39, 0.29) is 12.0 Å². The maximum absolute atomic E-state index is 13.8. The Bertz CT molecular complexity index is 566. The summed E-state index contributed by atoms with van der Waals surface area (Å²) < 4.78 is 69.3. The van der Waals surface area contributed by atoms with Crippen LogP contribution in [0.5, 0.6) is 0 Å². The predicted octanol–water partition coefficient (Wildman–Crippen LogP) is 4.55. The minimum Gasteiger partial charge on any atom is -0.378 e. The molecule has 0 N–H and O–H groups in total. The number of ether oxygens (including phenoxy) is 1. The van der Waals surface area contributed by atoms with Crippen LogP contribution in [-0.2, 0) is 4.74 Å². The fourth-order valence-electron chi connectivity index (χ4n) is 2.47. The highest BCUT2D eigenvalue weighted by Gasteiger charge is 2.25. The molecule has 0 radical (unpaired) electrons. The van der Waals surface area contributed by atoms with Crippen LogP contribution in [0.2, 0.25) is 0 Å². The average molecular weight is 318 g/mol. The van der Waals surface area contributed by atoms with Gasteiger partial charge in [-0.1, -0.05) is 12.8 Å². The summed E-state index contributed by atoms with van der Waals surface area (Å²) in [6, 6.07) is 2.09. The van der Waals surface area contributed by atoms with Crippen molar-refractivity contribution in [2.75, 3.05) is 6.61 Å². The molecule has 0 aromatic heterocycles. The number of benzene rings is 1. The highest BCUT2D eigenvalue weighted by Crippen LogP contribution is 2.31. The second kappa shape index (κ2) is 6.66. The lowest BCUT2D eigenvalue weighted by Crippen LogP contribution is -2.24. The van der Waals surface area contributed by atoms with E-state index in [1.165, 1.54) is 5.92 Å². The van der Waals surface area contributed by atoms with Crippen LogP contribution in [0.4, 0.5) is 22.0 Å². The molecule has 1 aliphatic heterocycles. The summed E-state index contributed by atoms with van der Waals surface area (Å²) in [6.07, 6.45) is -2.24. The van der Waals surface area contributed by atoms with E-state index in [1.807, 2.05) is 6.92 Å². The van der Waals surface area contributed by atoms with Gasteiger partial charge in [0.15, 0.2) is 0 Å². The van der Waals surface area contributed by atoms with Crippen molar-refractivity contribution in [3.05, 3.63) is 34.9 Å². The monoisotopic (exact) mass is 318 g/mol. The zero-order valence-corrected chi connectivity index (χ0v) is 11.9. The Morgan fingerprint density at radius 1 is 1.18 bits per heavy atom. The minimum absolute atomic E-state index is 0.155. The minimum atomic E-state index is -4.79. The summed E-state index contributed by atoms with van der Waals surface area (Å²) in [6.45, 7) is 2.35. The molecule has 0 bridgehead atoms. The molecular formula is C16H15F5O. The van der Waals surface area contributed by atoms with Gasteiger partial charge in [-0.25, -0.2) is 8.78 Å². The first-order valence-corrected chi connectivity index (χ1v) is 7.00. The molecule has 1 aromatic rings. The van der Waals surface area contributed by atoms with Gasteiger partial charge < -0.3 is 4.74 Å². The van der Waals surface area contributed by atoms with E-state index in [0.717, 1.165) is 37.3 Å². The molecule has 1 nitrogen and oxygen atoms in total. The third-order valence-corrected chi connectivity index (χ3v) is 3.69. The zero-order chi connectivity index (χ0) is 16.3. The fraction of sp³-hybridized carbons (Fsp3) is 0.500. The first-order valence-electron chi connectivity index (χ1n) is 7.00. The van der Waals surface area contributed by atoms with Gasteiger partial charge in [-0.05, 0) is 37.0 Å². The molecule has 1 fully saturated rings. The summed E-state index contributed by atoms with van der Waals surface area (Å²) in [4.78, 5) is 0. The summed E-state index contributed by atoms with van der Waals surface area (Å²) in [5.74, 6) is 0.0741. The van der Waals surface area contributed by atoms with Crippen molar-refractivity contribution in [3.8, 4) is 11.8 Å². The molecule has 0 aliphatic carbocycles. The molecule has 1 aliphatic rings. The van der Waals surface area contributed by atoms with Gasteiger partial charge in [-0.3, -0.25) is 0 Å². The van der Waals surface area contributed by atoms with Crippen molar-refractivity contribution in [2.45, 2.75) is 44.4 Å². The third kappa shape index (κ3) is 4.20. The fourth-order valence-corrected chi connectivity index (χ4v) is 2.47. The maximum Gasteiger partial charge on any atom is 0.458 e. The highest BCUT2D eigenvalue weighted by molar-refractivity contribution is 5.40. The van der Waals surface area contributed by atoms with Crippen molar-refractivity contribution < 1.29 is 26.7 Å². The van der Waals surface area contributed by atoms with Crippen LogP contribution in [0, 0.1) is 23.5 Å². The summed E-state index contributed by atoms with van der Waals surface area (Å²) in [7, 11) is 0. The van der Waals surface area contributed by atoms with Gasteiger partial charge in [0, 0.05) is 11.8 Å². The van der Waals surface area contributed by atoms with E-state index in [9.17, 15) is 22.0 Å². The van der Waals surface area contributed by atoms with Crippen molar-refractivity contribution in [3.63, 3.8) is 0 Å². The van der Waals surface area contributed by atoms with Gasteiger partial charge >= 0.3 is 6.18 Å². The molecule has 22 heavy (non-hydrogen) atoms. The van der Waals surface area contributed by atoms with Crippen LogP contribution in [-0.4, -0.2) is 18.9 Å². The number of hydrogen-bond donors (Lipinski definition) is 0. The zero-order valence-electron chi connectivity index (χ0n) is 11.9. The Kier molecular flexibility index (Phi) is 5.07. The lowest BCUT2D eigenvalue weighted by molar-refractivity contribution is -0.0696. The quantitative estimate of drug-likeness (QED) is 0.574. The number of halogens is 5. The summed E-state index contributed by atoms with van der Waals surface area (Å²) >= 11 is 0. The lowest BCUT2D eigenvalue weighted by atomic mass is 9.90. The molecule has 0 spiro atoms. The van der Waals surface area contributed by atoms with Crippen molar-refractivity contribution >= 4 is 0 Å². The average Bonchev–Trinajstić information content (AvgIpc) is 2.45. The SMILES string of the molecule is CCC1CCC(c2cc(F)c(C#CC(F)(F)F)c(F)c2)CO1. The first kappa shape index (κ1) is 16.8. The standard InChI is InChI=1S/C16H15F5O/c1-2-12-4-3-10(9-22-12)11-7-14(17)13(15(18)8-11)5-6-16(19,20)21/h7-8,10,12H,2-4,9H2,1H3. The Hall–Kier alpha value is -1.61. The van der Waals surface area contributed by atoms with E-state index in [4.69, 9.17) is 4.74 Å². The number of rotatable bonds is 2. The van der Waals surface area contributed by atoms with Crippen LogP contribution in [0.3, 0.4) is 0 Å². The predicted molar refractivity (Wildman–Crippen MR) is 71.3 cm³/mol. The van der Waals surface area contributed by atoms with Crippen LogP contribution >= 0.6 is 0 Å². The topological polar surface area (TPSA) is 9.23 Å². The lowest BCUT2D eigenvalue weighted by Gasteiger charge is -2.28. The normalized spacial score (nSPS) is 22.1. The van der Waals surface area contributed by atoms with E-state index in [0.29, 0.717) is 12.2 Å². The molecule has 0 saturated carbocycles. The van der Waals surface area contributed by atoms with Crippen molar-refractivity contribution in [2.24, 2.45) is 0 Å². The Morgan fingerprint density at radius 2 is 1.82 bits per heavy atom. The van der Waals surface area contributed by atoms with Gasteiger partial charge in [0.05, 0.1) is 18.3 Å². The molecule has 0 amide bonds. The van der Waals surface area contributed by atoms with Crippen LogP contribution in [0.25, 0.3) is 0 Å². The first-order chi connectivity index (χ1) is 10.3. The summed E-state index contributed by atoms with van der Waals surface area (Å²) in [5, 5.41) is 0. The van der Waals surface area contributed by atoms with Gasteiger partial charge in [0.1, 0.15) is 11.6 Å². The highest BCUT2D eigenvalue weighted by atomic mass is 19.4. The van der Waals surface area contributed by atoms with E-state index < -0.39 is 23.4 Å². The Labute approximate surface area is 125 Å². The molecular weight excluding hydrogens is 303 g/mol. The molecule has 6 heteroatoms. The Morgan fingerprint density at radius 3 is 2.27 bits per heavy atom. The number of hydrogen-bond acceptors (Lipinski definition) is 1. The largest absolute Gasteiger partial charge is 0.458 e. The second-order valence-electron chi connectivity index (χ2n) is 5.25. The Balaban J connectivity index is 2.21. The molecule has 1 heterocycles. The van der Waals surface area contributed by atoms with Crippen LogP contribution in [0.15, 0.2) is 12.1 Å². The van der Waals surface area contributed by atoms with Crippen LogP contribution in [0.1, 0.15) is 43.2 Å². The third-order valence-electron chi connectivity index (χ3n) is 3.69. The smallest absolute Gasteiger partial charge is 0.378 e. The van der Waals surface area contributed by atoms with Gasteiger partial charge in [-0.15, -0.1) is 0 Å². The van der Waals surface area contributed by atoms with Gasteiger partial charge in [0.25, 0.3) is 0 Å². The molecule has 2 rings (SSSR count). The molecule has 2 unspecified atom stereocenters. The summed E-state index contributed by atoms with van der Waals surface area (Å²) in [5.41, 5.74) is -0.466. The maximum atomic E-state index is 13.8. The molecule has 1 saturated heterocycles. The van der Waals surface area contributed by atoms with E-state index in [2.05, 4.69) is 0 Å². The van der Waals surface area contributed by atoms with E-state index >= 15 is 0 Å². The van der Waals surface area contributed by atoms with Gasteiger partial charge in [0.2, 0.25) is 0 Å². The second-order valence-corrected chi connectivity index (χ2v) is 5.25. The van der Waals surface area contributed by atoms with Gasteiger partial charge in [-0.2, -0.15) is 13.2 Å². The van der Waals surface area contributed by atoms with E-state index in [1.54, 1.807) is 0 Å². The van der Waals surface area contributed by atoms with Crippen molar-refractivity contribution in [1.82, 2.24) is 0 Å². The molecule has 1 aromatic carbocycles. The number of alkyl halides is 3. The molecule has 2 atom stereocenters.